The topological polar surface area (TPSA) is 58.6 Å². The van der Waals surface area contributed by atoms with Crippen LogP contribution >= 0.6 is 22.6 Å². The number of hydrogen-bond donors (Lipinski definition) is 1. The number of nitrogens with one attached hydrogen (secondary N) is 1. The normalized spacial score (nSPS) is 15.2. The first-order valence-corrected chi connectivity index (χ1v) is 12.1. The third kappa shape index (κ3) is 5.55. The average molecular weight is 554 g/mol. The third-order valence-electron chi connectivity index (χ3n) is 5.88. The number of carbonyl (C=O) groups is 2. The van der Waals surface area contributed by atoms with Crippen LogP contribution in [0.15, 0.2) is 72.8 Å². The van der Waals surface area contributed by atoms with Crippen molar-refractivity contribution in [2.24, 2.45) is 0 Å². The van der Waals surface area contributed by atoms with Crippen LogP contribution in [0.25, 0.3) is 0 Å². The number of carbonyl (C=O) groups excluding carboxylic acids is 2. The van der Waals surface area contributed by atoms with Crippen molar-refractivity contribution >= 4 is 40.3 Å². The quantitative estimate of drug-likeness (QED) is 0.387. The highest BCUT2D eigenvalue weighted by atomic mass is 127. The van der Waals surface area contributed by atoms with Gasteiger partial charge in [-0.05, 0) is 69.0 Å². The van der Waals surface area contributed by atoms with Gasteiger partial charge in [-0.1, -0.05) is 68.4 Å². The lowest BCUT2D eigenvalue weighted by atomic mass is 9.93. The van der Waals surface area contributed by atoms with Gasteiger partial charge < -0.3 is 10.1 Å². The lowest BCUT2D eigenvalue weighted by Crippen LogP contribution is -2.50. The predicted molar refractivity (Wildman–Crippen MR) is 138 cm³/mol. The molecule has 3 aromatic rings. The Bertz CT molecular complexity index is 1150. The van der Waals surface area contributed by atoms with Gasteiger partial charge in [0.05, 0.1) is 6.54 Å². The van der Waals surface area contributed by atoms with Gasteiger partial charge in [0.25, 0.3) is 0 Å². The van der Waals surface area contributed by atoms with Gasteiger partial charge in [-0.25, -0.2) is 4.79 Å². The van der Waals surface area contributed by atoms with Gasteiger partial charge in [-0.2, -0.15) is 0 Å². The molecule has 5 nitrogen and oxygen atoms in total. The predicted octanol–water partition coefficient (Wildman–Crippen LogP) is 6.12. The summed E-state index contributed by atoms with van der Waals surface area (Å²) in [5, 5.41) is 3.09. The highest BCUT2D eigenvalue weighted by Crippen LogP contribution is 2.29. The zero-order valence-corrected chi connectivity index (χ0v) is 20.9. The number of anilines is 1. The van der Waals surface area contributed by atoms with Crippen LogP contribution in [0.1, 0.15) is 42.0 Å². The van der Waals surface area contributed by atoms with E-state index in [0.29, 0.717) is 13.0 Å². The van der Waals surface area contributed by atoms with E-state index < -0.39 is 12.1 Å². The standard InChI is InChI=1S/C27H27IN2O3/c1-18(2)23-15-22(28)12-13-24(23)29-26(31)25-14-20-10-6-7-11-21(20)16-30(25)27(32)33-17-19-8-4-3-5-9-19/h3-13,15,18,25H,14,16-17H2,1-2H3,(H,29,31)/t25-/m1/s1. The molecule has 0 spiro atoms. The van der Waals surface area contributed by atoms with Gasteiger partial charge in [0.1, 0.15) is 12.6 Å². The van der Waals surface area contributed by atoms with E-state index in [1.54, 1.807) is 4.90 Å². The summed E-state index contributed by atoms with van der Waals surface area (Å²) in [6, 6.07) is 22.8. The van der Waals surface area contributed by atoms with Gasteiger partial charge in [0, 0.05) is 15.7 Å². The van der Waals surface area contributed by atoms with E-state index in [-0.39, 0.29) is 18.4 Å². The summed E-state index contributed by atoms with van der Waals surface area (Å²) >= 11 is 2.28. The molecule has 3 aromatic carbocycles. The van der Waals surface area contributed by atoms with Crippen molar-refractivity contribution in [3.05, 3.63) is 98.6 Å². The van der Waals surface area contributed by atoms with Crippen molar-refractivity contribution in [1.82, 2.24) is 4.90 Å². The van der Waals surface area contributed by atoms with E-state index in [9.17, 15) is 9.59 Å². The second-order valence-corrected chi connectivity index (χ2v) is 9.78. The van der Waals surface area contributed by atoms with E-state index in [2.05, 4.69) is 47.8 Å². The van der Waals surface area contributed by atoms with Crippen LogP contribution in [-0.2, 0) is 29.1 Å². The maximum absolute atomic E-state index is 13.5. The van der Waals surface area contributed by atoms with Gasteiger partial charge >= 0.3 is 6.09 Å². The molecule has 0 bridgehead atoms. The van der Waals surface area contributed by atoms with Crippen LogP contribution in [0.3, 0.4) is 0 Å². The van der Waals surface area contributed by atoms with E-state index in [1.165, 1.54) is 0 Å². The molecular weight excluding hydrogens is 527 g/mol. The zero-order valence-electron chi connectivity index (χ0n) is 18.8. The highest BCUT2D eigenvalue weighted by Gasteiger charge is 2.36. The first-order valence-electron chi connectivity index (χ1n) is 11.1. The van der Waals surface area contributed by atoms with Gasteiger partial charge in [0.15, 0.2) is 0 Å². The Hall–Kier alpha value is -2.87. The van der Waals surface area contributed by atoms with Crippen molar-refractivity contribution in [2.75, 3.05) is 5.32 Å². The summed E-state index contributed by atoms with van der Waals surface area (Å²) < 4.78 is 6.71. The largest absolute Gasteiger partial charge is 0.445 e. The maximum Gasteiger partial charge on any atom is 0.411 e. The van der Waals surface area contributed by atoms with Crippen molar-refractivity contribution in [3.63, 3.8) is 0 Å². The summed E-state index contributed by atoms with van der Waals surface area (Å²) in [6.07, 6.45) is -0.0377. The fraction of sp³-hybridized carbons (Fsp3) is 0.259. The molecule has 6 heteroatoms. The van der Waals surface area contributed by atoms with Crippen molar-refractivity contribution in [1.29, 1.82) is 0 Å². The van der Waals surface area contributed by atoms with Gasteiger partial charge in [-0.15, -0.1) is 0 Å². The Morgan fingerprint density at radius 3 is 2.45 bits per heavy atom. The lowest BCUT2D eigenvalue weighted by Gasteiger charge is -2.35. The van der Waals surface area contributed by atoms with Crippen LogP contribution < -0.4 is 5.32 Å². The molecule has 1 atom stereocenters. The molecule has 1 N–H and O–H groups in total. The molecule has 2 amide bonds. The third-order valence-corrected chi connectivity index (χ3v) is 6.56. The fourth-order valence-corrected chi connectivity index (χ4v) is 4.61. The molecule has 0 saturated carbocycles. The SMILES string of the molecule is CC(C)c1cc(I)ccc1NC(=O)[C@H]1Cc2ccccc2CN1C(=O)OCc1ccccc1. The number of fused-ring (bicyclic) bond motifs is 1. The minimum Gasteiger partial charge on any atom is -0.445 e. The first kappa shape index (κ1) is 23.3. The summed E-state index contributed by atoms with van der Waals surface area (Å²) in [6.45, 7) is 4.71. The Balaban J connectivity index is 1.57. The molecule has 0 aromatic heterocycles. The summed E-state index contributed by atoms with van der Waals surface area (Å²) in [5.41, 5.74) is 4.88. The average Bonchev–Trinajstić information content (AvgIpc) is 2.83. The monoisotopic (exact) mass is 554 g/mol. The molecule has 1 aliphatic heterocycles. The molecule has 0 aliphatic carbocycles. The second-order valence-electron chi connectivity index (χ2n) is 8.53. The lowest BCUT2D eigenvalue weighted by molar-refractivity contribution is -0.121. The molecule has 0 unspecified atom stereocenters. The summed E-state index contributed by atoms with van der Waals surface area (Å²) in [5.74, 6) is 0.0540. The maximum atomic E-state index is 13.5. The zero-order chi connectivity index (χ0) is 23.4. The number of benzene rings is 3. The number of amides is 2. The van der Waals surface area contributed by atoms with Crippen LogP contribution in [0, 0.1) is 3.57 Å². The molecular formula is C27H27IN2O3. The molecule has 170 valence electrons. The summed E-state index contributed by atoms with van der Waals surface area (Å²) in [4.78, 5) is 28.1. The van der Waals surface area contributed by atoms with Crippen LogP contribution in [0.5, 0.6) is 0 Å². The number of halogens is 1. The van der Waals surface area contributed by atoms with E-state index in [0.717, 1.165) is 31.5 Å². The van der Waals surface area contributed by atoms with Crippen LogP contribution in [0.2, 0.25) is 0 Å². The Kier molecular flexibility index (Phi) is 7.33. The Morgan fingerprint density at radius 1 is 1.03 bits per heavy atom. The minimum atomic E-state index is -0.650. The van der Waals surface area contributed by atoms with Gasteiger partial charge in [-0.3, -0.25) is 9.69 Å². The number of rotatable bonds is 5. The Labute approximate surface area is 208 Å². The van der Waals surface area contributed by atoms with Crippen molar-refractivity contribution in [2.45, 2.75) is 45.4 Å². The smallest absolute Gasteiger partial charge is 0.411 e. The number of hydrogen-bond acceptors (Lipinski definition) is 3. The minimum absolute atomic E-state index is 0.167. The van der Waals surface area contributed by atoms with Crippen molar-refractivity contribution < 1.29 is 14.3 Å². The van der Waals surface area contributed by atoms with E-state index in [4.69, 9.17) is 4.74 Å². The Morgan fingerprint density at radius 2 is 1.73 bits per heavy atom. The first-order chi connectivity index (χ1) is 15.9. The molecule has 1 heterocycles. The number of ether oxygens (including phenoxy) is 1. The molecule has 0 saturated heterocycles. The molecule has 4 rings (SSSR count). The van der Waals surface area contributed by atoms with Crippen LogP contribution in [0.4, 0.5) is 10.5 Å². The molecule has 1 aliphatic rings. The van der Waals surface area contributed by atoms with E-state index in [1.807, 2.05) is 66.7 Å². The number of nitrogens with zero attached hydrogens (tertiary/aromatic N) is 1. The summed E-state index contributed by atoms with van der Waals surface area (Å²) in [7, 11) is 0. The van der Waals surface area contributed by atoms with Crippen molar-refractivity contribution in [3.8, 4) is 0 Å². The van der Waals surface area contributed by atoms with Crippen LogP contribution in [-0.4, -0.2) is 22.9 Å². The second kappa shape index (κ2) is 10.4. The van der Waals surface area contributed by atoms with Gasteiger partial charge in [0.2, 0.25) is 5.91 Å². The fourth-order valence-electron chi connectivity index (χ4n) is 4.09. The molecule has 0 radical (unpaired) electrons. The highest BCUT2D eigenvalue weighted by molar-refractivity contribution is 14.1. The van der Waals surface area contributed by atoms with E-state index >= 15 is 0 Å². The molecule has 33 heavy (non-hydrogen) atoms. The molecule has 0 fully saturated rings.